The quantitative estimate of drug-likeness (QED) is 0.706. The molecule has 0 unspecified atom stereocenters. The van der Waals surface area contributed by atoms with E-state index in [0.717, 1.165) is 6.42 Å². The monoisotopic (exact) mass is 341 g/mol. The fourth-order valence-corrected chi connectivity index (χ4v) is 2.64. The number of hydrogen-bond acceptors (Lipinski definition) is 5. The molecule has 0 bridgehead atoms. The normalized spacial score (nSPS) is 11.0. The second kappa shape index (κ2) is 6.76. The fraction of sp³-hybridized carbons (Fsp3) is 0.294. The van der Waals surface area contributed by atoms with Crippen LogP contribution >= 0.6 is 0 Å². The van der Waals surface area contributed by atoms with Crippen LogP contribution in [0.25, 0.3) is 16.9 Å². The molecule has 0 aliphatic rings. The number of aryl methyl sites for hydroxylation is 1. The highest BCUT2D eigenvalue weighted by molar-refractivity contribution is 6.01. The maximum absolute atomic E-state index is 12.4. The molecule has 0 saturated carbocycles. The van der Waals surface area contributed by atoms with Gasteiger partial charge in [0.05, 0.1) is 12.3 Å². The van der Waals surface area contributed by atoms with Crippen molar-refractivity contribution in [3.8, 4) is 11.4 Å². The summed E-state index contributed by atoms with van der Waals surface area (Å²) in [4.78, 5) is 35.4. The first-order valence-corrected chi connectivity index (χ1v) is 8.09. The maximum atomic E-state index is 12.4. The van der Waals surface area contributed by atoms with E-state index >= 15 is 0 Å². The number of primary amides is 1. The second-order valence-corrected chi connectivity index (χ2v) is 5.49. The van der Waals surface area contributed by atoms with Gasteiger partial charge in [-0.05, 0) is 37.6 Å². The molecule has 8 heteroatoms. The summed E-state index contributed by atoms with van der Waals surface area (Å²) in [5, 5.41) is 0. The Morgan fingerprint density at radius 1 is 1.24 bits per heavy atom. The van der Waals surface area contributed by atoms with E-state index in [0.29, 0.717) is 35.9 Å². The van der Waals surface area contributed by atoms with E-state index in [4.69, 9.17) is 10.5 Å². The zero-order valence-corrected chi connectivity index (χ0v) is 14.1. The molecular weight excluding hydrogens is 322 g/mol. The van der Waals surface area contributed by atoms with Gasteiger partial charge in [-0.15, -0.1) is 0 Å². The highest BCUT2D eigenvalue weighted by atomic mass is 16.5. The van der Waals surface area contributed by atoms with Crippen molar-refractivity contribution in [3.63, 3.8) is 0 Å². The summed E-state index contributed by atoms with van der Waals surface area (Å²) in [5.74, 6) is 0.477. The Bertz CT molecular complexity index is 972. The minimum atomic E-state index is -0.704. The van der Waals surface area contributed by atoms with Crippen LogP contribution in [0.5, 0.6) is 5.75 Å². The number of carbonyl (C=O) groups is 1. The third-order valence-electron chi connectivity index (χ3n) is 3.70. The number of aromatic amines is 1. The Morgan fingerprint density at radius 3 is 2.56 bits per heavy atom. The molecular formula is C17H19N5O3. The van der Waals surface area contributed by atoms with Gasteiger partial charge in [0.15, 0.2) is 11.3 Å². The molecule has 0 aliphatic heterocycles. The number of rotatable bonds is 6. The molecule has 8 nitrogen and oxygen atoms in total. The van der Waals surface area contributed by atoms with E-state index in [-0.39, 0.29) is 11.2 Å². The van der Waals surface area contributed by atoms with Crippen molar-refractivity contribution in [2.75, 3.05) is 6.61 Å². The lowest BCUT2D eigenvalue weighted by Crippen LogP contribution is -2.16. The average Bonchev–Trinajstić information content (AvgIpc) is 2.91. The van der Waals surface area contributed by atoms with Crippen LogP contribution in [-0.2, 0) is 6.42 Å². The standard InChI is InChI=1S/C17H19N5O3/c1-3-5-12-19-13(15(18)23)14-16(20-12)22(17(24)21-14)10-6-8-11(9-7-10)25-4-2/h6-9H,3-5H2,1-2H3,(H2,18,23)(H,21,24). The number of nitrogens with zero attached hydrogens (tertiary/aromatic N) is 3. The number of H-pyrrole nitrogens is 1. The molecule has 0 fully saturated rings. The van der Waals surface area contributed by atoms with Gasteiger partial charge in [0.2, 0.25) is 0 Å². The summed E-state index contributed by atoms with van der Waals surface area (Å²) in [5.41, 5.74) is 6.21. The molecule has 1 aromatic carbocycles. The van der Waals surface area contributed by atoms with Crippen molar-refractivity contribution in [1.82, 2.24) is 19.5 Å². The molecule has 1 amide bonds. The molecule has 2 aromatic heterocycles. The first-order valence-electron chi connectivity index (χ1n) is 8.09. The number of hydrogen-bond donors (Lipinski definition) is 2. The number of benzene rings is 1. The van der Waals surface area contributed by atoms with Crippen LogP contribution in [0.15, 0.2) is 29.1 Å². The van der Waals surface area contributed by atoms with Gasteiger partial charge in [-0.3, -0.25) is 4.79 Å². The van der Waals surface area contributed by atoms with Crippen LogP contribution in [0.2, 0.25) is 0 Å². The van der Waals surface area contributed by atoms with Crippen LogP contribution < -0.4 is 16.2 Å². The van der Waals surface area contributed by atoms with Gasteiger partial charge in [0.1, 0.15) is 17.1 Å². The molecule has 0 radical (unpaired) electrons. The van der Waals surface area contributed by atoms with Gasteiger partial charge in [-0.2, -0.15) is 0 Å². The molecule has 2 heterocycles. The number of amides is 1. The second-order valence-electron chi connectivity index (χ2n) is 5.49. The van der Waals surface area contributed by atoms with Crippen molar-refractivity contribution in [1.29, 1.82) is 0 Å². The molecule has 0 saturated heterocycles. The van der Waals surface area contributed by atoms with Gasteiger partial charge in [0.25, 0.3) is 5.91 Å². The number of carbonyl (C=O) groups excluding carboxylic acids is 1. The lowest BCUT2D eigenvalue weighted by molar-refractivity contribution is 0.0996. The van der Waals surface area contributed by atoms with Crippen molar-refractivity contribution < 1.29 is 9.53 Å². The number of ether oxygens (including phenoxy) is 1. The summed E-state index contributed by atoms with van der Waals surface area (Å²) in [7, 11) is 0. The molecule has 3 aromatic rings. The van der Waals surface area contributed by atoms with Crippen molar-refractivity contribution in [2.24, 2.45) is 5.73 Å². The highest BCUT2D eigenvalue weighted by Gasteiger charge is 2.19. The van der Waals surface area contributed by atoms with E-state index < -0.39 is 11.6 Å². The Balaban J connectivity index is 2.22. The smallest absolute Gasteiger partial charge is 0.332 e. The fourth-order valence-electron chi connectivity index (χ4n) is 2.64. The SMILES string of the molecule is CCCc1nc(C(N)=O)c2[nH]c(=O)n(-c3ccc(OCC)cc3)c2n1. The van der Waals surface area contributed by atoms with E-state index in [9.17, 15) is 9.59 Å². The molecule has 0 atom stereocenters. The summed E-state index contributed by atoms with van der Waals surface area (Å²) < 4.78 is 6.82. The van der Waals surface area contributed by atoms with Gasteiger partial charge in [-0.1, -0.05) is 6.92 Å². The predicted octanol–water partition coefficient (Wildman–Crippen LogP) is 1.56. The topological polar surface area (TPSA) is 116 Å². The predicted molar refractivity (Wildman–Crippen MR) is 93.2 cm³/mol. The number of imidazole rings is 1. The van der Waals surface area contributed by atoms with E-state index in [1.54, 1.807) is 24.3 Å². The minimum Gasteiger partial charge on any atom is -0.494 e. The largest absolute Gasteiger partial charge is 0.494 e. The van der Waals surface area contributed by atoms with E-state index in [1.807, 2.05) is 13.8 Å². The Kier molecular flexibility index (Phi) is 4.51. The maximum Gasteiger partial charge on any atom is 0.332 e. The number of nitrogens with two attached hydrogens (primary N) is 1. The van der Waals surface area contributed by atoms with Gasteiger partial charge >= 0.3 is 5.69 Å². The first kappa shape index (κ1) is 16.7. The molecule has 130 valence electrons. The van der Waals surface area contributed by atoms with E-state index in [1.165, 1.54) is 4.57 Å². The molecule has 25 heavy (non-hydrogen) atoms. The molecule has 0 aliphatic carbocycles. The van der Waals surface area contributed by atoms with Crippen molar-refractivity contribution in [3.05, 3.63) is 46.3 Å². The molecule has 0 spiro atoms. The van der Waals surface area contributed by atoms with Gasteiger partial charge < -0.3 is 15.5 Å². The van der Waals surface area contributed by atoms with Crippen molar-refractivity contribution >= 4 is 17.1 Å². The third-order valence-corrected chi connectivity index (χ3v) is 3.70. The third kappa shape index (κ3) is 3.10. The van der Waals surface area contributed by atoms with Crippen LogP contribution in [-0.4, -0.2) is 32.0 Å². The van der Waals surface area contributed by atoms with Crippen LogP contribution in [0.3, 0.4) is 0 Å². The Hall–Kier alpha value is -3.16. The van der Waals surface area contributed by atoms with Crippen LogP contribution in [0, 0.1) is 0 Å². The van der Waals surface area contributed by atoms with Gasteiger partial charge in [-0.25, -0.2) is 19.3 Å². The molecule has 3 rings (SSSR count). The Labute approximate surface area is 143 Å². The lowest BCUT2D eigenvalue weighted by Gasteiger charge is -2.07. The van der Waals surface area contributed by atoms with Gasteiger partial charge in [0, 0.05) is 6.42 Å². The summed E-state index contributed by atoms with van der Waals surface area (Å²) in [6, 6.07) is 7.05. The zero-order chi connectivity index (χ0) is 18.0. The van der Waals surface area contributed by atoms with Crippen LogP contribution in [0.4, 0.5) is 0 Å². The number of fused-ring (bicyclic) bond motifs is 1. The lowest BCUT2D eigenvalue weighted by atomic mass is 10.2. The summed E-state index contributed by atoms with van der Waals surface area (Å²) in [6.07, 6.45) is 1.39. The molecule has 3 N–H and O–H groups in total. The summed E-state index contributed by atoms with van der Waals surface area (Å²) in [6.45, 7) is 4.44. The van der Waals surface area contributed by atoms with E-state index in [2.05, 4.69) is 15.0 Å². The number of aromatic nitrogens is 4. The first-order chi connectivity index (χ1) is 12.0. The zero-order valence-electron chi connectivity index (χ0n) is 14.1. The number of nitrogens with one attached hydrogen (secondary N) is 1. The Morgan fingerprint density at radius 2 is 1.96 bits per heavy atom. The average molecular weight is 341 g/mol. The highest BCUT2D eigenvalue weighted by Crippen LogP contribution is 2.19. The van der Waals surface area contributed by atoms with Crippen molar-refractivity contribution in [2.45, 2.75) is 26.7 Å². The summed E-state index contributed by atoms with van der Waals surface area (Å²) >= 11 is 0. The minimum absolute atomic E-state index is 0.0234. The van der Waals surface area contributed by atoms with Crippen LogP contribution in [0.1, 0.15) is 36.6 Å².